The molecule has 0 aromatic heterocycles. The molecule has 0 bridgehead atoms. The number of aryl methyl sites for hydroxylation is 1. The van der Waals surface area contributed by atoms with E-state index < -0.39 is 0 Å². The number of hydrogen-bond donors (Lipinski definition) is 2. The number of ether oxygens (including phenoxy) is 1. The molecule has 0 atom stereocenters. The van der Waals surface area contributed by atoms with Crippen molar-refractivity contribution in [1.82, 2.24) is 0 Å². The van der Waals surface area contributed by atoms with Crippen LogP contribution in [0.25, 0.3) is 0 Å². The van der Waals surface area contributed by atoms with Gasteiger partial charge in [-0.05, 0) is 36.8 Å². The molecule has 5 heteroatoms. The molecule has 0 radical (unpaired) electrons. The van der Waals surface area contributed by atoms with E-state index in [0.717, 1.165) is 22.7 Å². The van der Waals surface area contributed by atoms with E-state index in [1.807, 2.05) is 61.3 Å². The molecule has 3 N–H and O–H groups in total. The minimum Gasteiger partial charge on any atom is -0.497 e. The van der Waals surface area contributed by atoms with Crippen molar-refractivity contribution in [3.8, 4) is 5.75 Å². The van der Waals surface area contributed by atoms with E-state index in [9.17, 15) is 0 Å². The van der Waals surface area contributed by atoms with Crippen LogP contribution >= 0.6 is 0 Å². The van der Waals surface area contributed by atoms with Crippen LogP contribution in [-0.2, 0) is 0 Å². The van der Waals surface area contributed by atoms with Gasteiger partial charge in [0.15, 0.2) is 5.84 Å². The maximum atomic E-state index is 8.94. The van der Waals surface area contributed by atoms with Gasteiger partial charge < -0.3 is 20.6 Å². The lowest BCUT2D eigenvalue weighted by Gasteiger charge is -2.23. The lowest BCUT2D eigenvalue weighted by molar-refractivity contribution is 0.318. The van der Waals surface area contributed by atoms with Crippen LogP contribution < -0.4 is 15.4 Å². The second-order valence-corrected chi connectivity index (χ2v) is 4.77. The molecule has 5 nitrogen and oxygen atoms in total. The molecule has 0 aliphatic heterocycles. The molecule has 2 aromatic carbocycles. The van der Waals surface area contributed by atoms with Crippen LogP contribution in [0.15, 0.2) is 47.6 Å². The SMILES string of the molecule is COc1cccc(N(C)c2cc(C)ccc2C(N)=NO)c1. The second kappa shape index (κ2) is 6.17. The average molecular weight is 285 g/mol. The number of oxime groups is 1. The van der Waals surface area contributed by atoms with Gasteiger partial charge in [-0.3, -0.25) is 0 Å². The van der Waals surface area contributed by atoms with E-state index in [0.29, 0.717) is 5.56 Å². The number of hydrogen-bond acceptors (Lipinski definition) is 4. The van der Waals surface area contributed by atoms with Crippen LogP contribution in [0.3, 0.4) is 0 Å². The summed E-state index contributed by atoms with van der Waals surface area (Å²) in [4.78, 5) is 1.98. The molecule has 0 aliphatic rings. The highest BCUT2D eigenvalue weighted by Crippen LogP contribution is 2.30. The van der Waals surface area contributed by atoms with E-state index in [2.05, 4.69) is 5.16 Å². The lowest BCUT2D eigenvalue weighted by atomic mass is 10.1. The van der Waals surface area contributed by atoms with Crippen molar-refractivity contribution in [2.24, 2.45) is 10.9 Å². The van der Waals surface area contributed by atoms with Gasteiger partial charge in [0.25, 0.3) is 0 Å². The number of nitrogens with zero attached hydrogens (tertiary/aromatic N) is 2. The third-order valence-corrected chi connectivity index (χ3v) is 3.34. The first-order valence-electron chi connectivity index (χ1n) is 6.53. The molecule has 0 amide bonds. The zero-order valence-electron chi connectivity index (χ0n) is 12.4. The maximum Gasteiger partial charge on any atom is 0.172 e. The molecule has 0 aliphatic carbocycles. The Morgan fingerprint density at radius 3 is 2.67 bits per heavy atom. The molecule has 21 heavy (non-hydrogen) atoms. The molecular weight excluding hydrogens is 266 g/mol. The lowest BCUT2D eigenvalue weighted by Crippen LogP contribution is -2.19. The summed E-state index contributed by atoms with van der Waals surface area (Å²) in [6.07, 6.45) is 0. The molecule has 2 aromatic rings. The first-order chi connectivity index (χ1) is 10.1. The third-order valence-electron chi connectivity index (χ3n) is 3.34. The summed E-state index contributed by atoms with van der Waals surface area (Å²) in [7, 11) is 3.56. The molecular formula is C16H19N3O2. The first-order valence-corrected chi connectivity index (χ1v) is 6.53. The van der Waals surface area contributed by atoms with E-state index in [1.165, 1.54) is 0 Å². The topological polar surface area (TPSA) is 71.1 Å². The zero-order valence-corrected chi connectivity index (χ0v) is 12.4. The van der Waals surface area contributed by atoms with E-state index in [1.54, 1.807) is 7.11 Å². The van der Waals surface area contributed by atoms with E-state index in [-0.39, 0.29) is 5.84 Å². The quantitative estimate of drug-likeness (QED) is 0.392. The smallest absolute Gasteiger partial charge is 0.172 e. The Morgan fingerprint density at radius 2 is 2.00 bits per heavy atom. The monoisotopic (exact) mass is 285 g/mol. The summed E-state index contributed by atoms with van der Waals surface area (Å²) in [5.74, 6) is 0.858. The Morgan fingerprint density at radius 1 is 1.24 bits per heavy atom. The summed E-state index contributed by atoms with van der Waals surface area (Å²) in [5.41, 5.74) is 9.34. The summed E-state index contributed by atoms with van der Waals surface area (Å²) in [5, 5.41) is 12.0. The highest BCUT2D eigenvalue weighted by Gasteiger charge is 2.13. The van der Waals surface area contributed by atoms with Gasteiger partial charge in [-0.25, -0.2) is 0 Å². The minimum atomic E-state index is 0.0831. The molecule has 0 saturated carbocycles. The molecule has 0 unspecified atom stereocenters. The van der Waals surface area contributed by atoms with Crippen molar-refractivity contribution < 1.29 is 9.94 Å². The largest absolute Gasteiger partial charge is 0.497 e. The number of methoxy groups -OCH3 is 1. The van der Waals surface area contributed by atoms with Crippen LogP contribution in [0.2, 0.25) is 0 Å². The van der Waals surface area contributed by atoms with Crippen molar-refractivity contribution >= 4 is 17.2 Å². The summed E-state index contributed by atoms with van der Waals surface area (Å²) in [6, 6.07) is 13.5. The summed E-state index contributed by atoms with van der Waals surface area (Å²) >= 11 is 0. The zero-order chi connectivity index (χ0) is 15.4. The number of nitrogens with two attached hydrogens (primary N) is 1. The van der Waals surface area contributed by atoms with Crippen LogP contribution in [0, 0.1) is 6.92 Å². The van der Waals surface area contributed by atoms with E-state index in [4.69, 9.17) is 15.7 Å². The highest BCUT2D eigenvalue weighted by atomic mass is 16.5. The van der Waals surface area contributed by atoms with Gasteiger partial charge >= 0.3 is 0 Å². The van der Waals surface area contributed by atoms with Crippen LogP contribution in [0.1, 0.15) is 11.1 Å². The number of rotatable bonds is 4. The van der Waals surface area contributed by atoms with E-state index >= 15 is 0 Å². The molecule has 0 fully saturated rings. The third kappa shape index (κ3) is 3.08. The Hall–Kier alpha value is -2.69. The average Bonchev–Trinajstić information content (AvgIpc) is 2.53. The molecule has 0 spiro atoms. The Labute approximate surface area is 124 Å². The van der Waals surface area contributed by atoms with Gasteiger partial charge in [-0.15, -0.1) is 0 Å². The van der Waals surface area contributed by atoms with Crippen LogP contribution in [0.4, 0.5) is 11.4 Å². The van der Waals surface area contributed by atoms with Gasteiger partial charge in [0, 0.05) is 24.4 Å². The fraction of sp³-hybridized carbons (Fsp3) is 0.188. The van der Waals surface area contributed by atoms with Crippen molar-refractivity contribution in [3.05, 3.63) is 53.6 Å². The maximum absolute atomic E-state index is 8.94. The Kier molecular flexibility index (Phi) is 4.33. The predicted molar refractivity (Wildman–Crippen MR) is 84.7 cm³/mol. The van der Waals surface area contributed by atoms with Crippen molar-refractivity contribution in [1.29, 1.82) is 0 Å². The van der Waals surface area contributed by atoms with Gasteiger partial charge in [0.05, 0.1) is 12.8 Å². The fourth-order valence-electron chi connectivity index (χ4n) is 2.15. The summed E-state index contributed by atoms with van der Waals surface area (Å²) < 4.78 is 5.25. The Balaban J connectivity index is 2.51. The van der Waals surface area contributed by atoms with Gasteiger partial charge in [0.2, 0.25) is 0 Å². The van der Waals surface area contributed by atoms with Crippen molar-refractivity contribution in [3.63, 3.8) is 0 Å². The highest BCUT2D eigenvalue weighted by molar-refractivity contribution is 6.03. The number of anilines is 2. The predicted octanol–water partition coefficient (Wildman–Crippen LogP) is 2.87. The van der Waals surface area contributed by atoms with Gasteiger partial charge in [0.1, 0.15) is 5.75 Å². The normalized spacial score (nSPS) is 11.3. The minimum absolute atomic E-state index is 0.0831. The molecule has 110 valence electrons. The fourth-order valence-corrected chi connectivity index (χ4v) is 2.15. The first kappa shape index (κ1) is 14.7. The number of benzene rings is 2. The number of amidine groups is 1. The Bertz CT molecular complexity index is 668. The second-order valence-electron chi connectivity index (χ2n) is 4.77. The molecule has 0 heterocycles. The van der Waals surface area contributed by atoms with Crippen molar-refractivity contribution in [2.45, 2.75) is 6.92 Å². The van der Waals surface area contributed by atoms with Crippen LogP contribution in [-0.4, -0.2) is 25.2 Å². The standard InChI is InChI=1S/C16H19N3O2/c1-11-7-8-14(16(17)18-20)15(9-11)19(2)12-5-4-6-13(10-12)21-3/h4-10,20H,1-3H3,(H2,17,18). The van der Waals surface area contributed by atoms with Gasteiger partial charge in [-0.1, -0.05) is 17.3 Å². The molecule has 2 rings (SSSR count). The van der Waals surface area contributed by atoms with Gasteiger partial charge in [-0.2, -0.15) is 0 Å². The summed E-state index contributed by atoms with van der Waals surface area (Å²) in [6.45, 7) is 2.00. The van der Waals surface area contributed by atoms with Crippen LogP contribution in [0.5, 0.6) is 5.75 Å². The molecule has 0 saturated heterocycles. The van der Waals surface area contributed by atoms with Crippen molar-refractivity contribution in [2.75, 3.05) is 19.1 Å².